The fraction of sp³-hybridized carbons (Fsp3) is 0. The third-order valence-corrected chi connectivity index (χ3v) is 13.3. The van der Waals surface area contributed by atoms with Crippen LogP contribution in [0.25, 0.3) is 32.7 Å². The third kappa shape index (κ3) is 13.2. The molecule has 8 rings (SSSR count). The molecule has 8 aromatic rings. The van der Waals surface area contributed by atoms with Crippen LogP contribution in [-0.2, 0) is 40.5 Å². The van der Waals surface area contributed by atoms with E-state index in [9.17, 15) is 66.6 Å². The average molecular weight is 1070 g/mol. The normalized spacial score (nSPS) is 11.5. The van der Waals surface area contributed by atoms with Crippen molar-refractivity contribution in [2.75, 3.05) is 34.0 Å². The van der Waals surface area contributed by atoms with Crippen LogP contribution in [0.1, 0.15) is 10.4 Å². The zero-order valence-corrected chi connectivity index (χ0v) is 39.7. The molecule has 0 bridgehead atoms. The van der Waals surface area contributed by atoms with Crippen molar-refractivity contribution in [1.82, 2.24) is 0 Å². The van der Waals surface area contributed by atoms with Gasteiger partial charge in [-0.3, -0.25) is 23.0 Å². The molecular formula is C45H40F2N6O15S4. The fourth-order valence-electron chi connectivity index (χ4n) is 6.41. The molecule has 0 radical (unpaired) electrons. The largest absolute Gasteiger partial charge is 0.505 e. The van der Waals surface area contributed by atoms with E-state index in [1.165, 1.54) is 36.4 Å². The van der Waals surface area contributed by atoms with Gasteiger partial charge in [0.15, 0.2) is 0 Å². The number of nitrogens with two attached hydrogens (primary N) is 5. The minimum absolute atomic E-state index is 0.104. The van der Waals surface area contributed by atoms with Gasteiger partial charge >= 0.3 is 0 Å². The van der Waals surface area contributed by atoms with Gasteiger partial charge in [0.1, 0.15) is 32.9 Å². The molecule has 0 heterocycles. The third-order valence-electron chi connectivity index (χ3n) is 9.87. The summed E-state index contributed by atoms with van der Waals surface area (Å²) in [5.74, 6) is -2.93. The summed E-state index contributed by atoms with van der Waals surface area (Å²) >= 11 is 0. The number of para-hydroxylation sites is 2. The van der Waals surface area contributed by atoms with Gasteiger partial charge in [-0.1, -0.05) is 66.7 Å². The lowest BCUT2D eigenvalue weighted by Crippen LogP contribution is -2.13. The summed E-state index contributed by atoms with van der Waals surface area (Å²) < 4.78 is 153. The van der Waals surface area contributed by atoms with Gasteiger partial charge in [-0.15, -0.1) is 0 Å². The predicted molar refractivity (Wildman–Crippen MR) is 265 cm³/mol. The van der Waals surface area contributed by atoms with E-state index in [0.717, 1.165) is 47.5 Å². The van der Waals surface area contributed by atoms with E-state index in [-0.39, 0.29) is 61.5 Å². The monoisotopic (exact) mass is 1070 g/mol. The molecule has 0 unspecified atom stereocenters. The maximum atomic E-state index is 12.9. The topological polar surface area (TPSA) is 417 Å². The van der Waals surface area contributed by atoms with Crippen molar-refractivity contribution in [2.45, 2.75) is 19.6 Å². The van der Waals surface area contributed by atoms with E-state index in [1.807, 2.05) is 30.3 Å². The van der Waals surface area contributed by atoms with Gasteiger partial charge in [-0.05, 0) is 94.7 Å². The van der Waals surface area contributed by atoms with Crippen LogP contribution in [-0.4, -0.2) is 68.0 Å². The van der Waals surface area contributed by atoms with Crippen LogP contribution in [0.2, 0.25) is 0 Å². The van der Waals surface area contributed by atoms with Crippen LogP contribution >= 0.6 is 0 Å². The number of amides is 1. The van der Waals surface area contributed by atoms with E-state index < -0.39 is 88.8 Å². The molecule has 0 aliphatic heterocycles. The number of carbonyl (C=O) groups excluding carboxylic acids is 1. The number of hydrogen-bond acceptors (Lipinski definition) is 16. The first-order valence-electron chi connectivity index (χ1n) is 19.7. The number of aromatic hydroxyl groups is 2. The van der Waals surface area contributed by atoms with Crippen molar-refractivity contribution >= 4 is 102 Å². The Morgan fingerprint density at radius 1 is 0.444 bits per heavy atom. The Morgan fingerprint density at radius 3 is 1.24 bits per heavy atom. The highest BCUT2D eigenvalue weighted by molar-refractivity contribution is 7.86. The van der Waals surface area contributed by atoms with Crippen molar-refractivity contribution in [2.24, 2.45) is 0 Å². The molecule has 0 spiro atoms. The number of phenols is 2. The molecule has 0 aliphatic rings. The highest BCUT2D eigenvalue weighted by Crippen LogP contribution is 2.43. The molecule has 0 aliphatic carbocycles. The number of carbonyl (C=O) groups is 1. The van der Waals surface area contributed by atoms with Crippen molar-refractivity contribution in [3.8, 4) is 22.6 Å². The number of hydrogen-bond donors (Lipinski definition) is 12. The molecule has 8 aromatic carbocycles. The van der Waals surface area contributed by atoms with Gasteiger partial charge in [0.05, 0.1) is 38.2 Å². The van der Waals surface area contributed by atoms with E-state index >= 15 is 0 Å². The van der Waals surface area contributed by atoms with Crippen molar-refractivity contribution < 1.29 is 75.7 Å². The number of benzene rings is 8. The molecule has 0 saturated heterocycles. The summed E-state index contributed by atoms with van der Waals surface area (Å²) in [4.78, 5) is 9.95. The van der Waals surface area contributed by atoms with Gasteiger partial charge in [-0.25, -0.2) is 8.78 Å². The van der Waals surface area contributed by atoms with Crippen molar-refractivity contribution in [3.05, 3.63) is 157 Å². The zero-order valence-electron chi connectivity index (χ0n) is 36.4. The fourth-order valence-corrected chi connectivity index (χ4v) is 8.81. The van der Waals surface area contributed by atoms with Crippen molar-refractivity contribution in [3.63, 3.8) is 0 Å². The van der Waals surface area contributed by atoms with E-state index in [4.69, 9.17) is 37.8 Å². The van der Waals surface area contributed by atoms with E-state index in [1.54, 1.807) is 36.4 Å². The molecule has 378 valence electrons. The predicted octanol–water partition coefficient (Wildman–Crippen LogP) is 6.56. The molecule has 17 N–H and O–H groups in total. The first kappa shape index (κ1) is 54.8. The van der Waals surface area contributed by atoms with Crippen LogP contribution < -0.4 is 34.0 Å². The number of fused-ring (bicyclic) bond motifs is 2. The molecule has 0 fully saturated rings. The number of nitrogen functional groups attached to an aromatic ring is 5. The standard InChI is InChI=1S/C23H18N2O8S2.C10H10N2O7S2.2C6H6FN/c24-21-19(35(31,32)33)11-16-10-17(34(28,29)30)12-18(20(16)22(21)26)25-23(27)15-8-6-14(7-9-15)13-4-2-1-3-5-13;11-6-3-5(20(14,15)16)1-4-2-7(21(17,18)19)9(12)10(13)8(4)6;2*7-5-3-1-2-4-6(5)8/h1-12,26H,24H2,(H,25,27)(H,28,29,30)(H,31,32,33);1-3,13H,11-12H2,(H,14,15,16)(H,17,18,19);2*1-4H,8H2. The molecule has 72 heavy (non-hydrogen) atoms. The molecule has 1 amide bonds. The van der Waals surface area contributed by atoms with Crippen LogP contribution in [0.3, 0.4) is 0 Å². The maximum absolute atomic E-state index is 12.9. The summed E-state index contributed by atoms with van der Waals surface area (Å²) in [7, 11) is -19.0. The smallest absolute Gasteiger partial charge is 0.296 e. The first-order chi connectivity index (χ1) is 33.4. The quantitative estimate of drug-likeness (QED) is 0.0456. The number of phenolic OH excluding ortho intramolecular Hbond substituents is 2. The minimum Gasteiger partial charge on any atom is -0.505 e. The average Bonchev–Trinajstić information content (AvgIpc) is 3.30. The number of rotatable bonds is 7. The van der Waals surface area contributed by atoms with Crippen molar-refractivity contribution in [1.29, 1.82) is 0 Å². The van der Waals surface area contributed by atoms with Crippen LogP contribution in [0, 0.1) is 11.6 Å². The number of nitrogens with one attached hydrogen (secondary N) is 1. The Balaban J connectivity index is 0.000000216. The summed E-state index contributed by atoms with van der Waals surface area (Å²) in [6.45, 7) is 0. The molecule has 0 atom stereocenters. The van der Waals surface area contributed by atoms with Gasteiger partial charge in [0.25, 0.3) is 46.4 Å². The Bertz CT molecular complexity index is 3770. The lowest BCUT2D eigenvalue weighted by molar-refractivity contribution is 0.102. The van der Waals surface area contributed by atoms with Crippen LogP contribution in [0.5, 0.6) is 11.5 Å². The Kier molecular flexibility index (Phi) is 16.3. The summed E-state index contributed by atoms with van der Waals surface area (Å²) in [6, 6.07) is 33.4. The maximum Gasteiger partial charge on any atom is 0.296 e. The number of anilines is 6. The summed E-state index contributed by atoms with van der Waals surface area (Å²) in [6.07, 6.45) is 0. The van der Waals surface area contributed by atoms with E-state index in [0.29, 0.717) is 0 Å². The molecule has 0 aromatic heterocycles. The second-order valence-electron chi connectivity index (χ2n) is 14.8. The van der Waals surface area contributed by atoms with E-state index in [2.05, 4.69) is 5.32 Å². The lowest BCUT2D eigenvalue weighted by atomic mass is 10.0. The lowest BCUT2D eigenvalue weighted by Gasteiger charge is -2.15. The first-order valence-corrected chi connectivity index (χ1v) is 25.5. The summed E-state index contributed by atoms with van der Waals surface area (Å²) in [5, 5.41) is 22.2. The van der Waals surface area contributed by atoms with Gasteiger partial charge < -0.3 is 44.2 Å². The molecular weight excluding hydrogens is 1030 g/mol. The molecule has 27 heteroatoms. The second kappa shape index (κ2) is 21.5. The van der Waals surface area contributed by atoms with Gasteiger partial charge in [0, 0.05) is 22.0 Å². The highest BCUT2D eigenvalue weighted by atomic mass is 32.2. The molecule has 21 nitrogen and oxygen atoms in total. The molecule has 0 saturated carbocycles. The van der Waals surface area contributed by atoms with Gasteiger partial charge in [-0.2, -0.15) is 33.7 Å². The summed E-state index contributed by atoms with van der Waals surface area (Å²) in [5.41, 5.74) is 27.5. The van der Waals surface area contributed by atoms with Crippen LogP contribution in [0.4, 0.5) is 42.9 Å². The minimum atomic E-state index is -4.89. The Hall–Kier alpha value is -8.15. The van der Waals surface area contributed by atoms with Crippen LogP contribution in [0.15, 0.2) is 159 Å². The highest BCUT2D eigenvalue weighted by Gasteiger charge is 2.25. The number of halogens is 2. The SMILES string of the molecule is Nc1c(S(=O)(=O)O)cc2cc(S(=O)(=O)O)cc(N)c2c1O.Nc1c(S(=O)(=O)O)cc2cc(S(=O)(=O)O)cc(NC(=O)c3ccc(-c4ccccc4)cc3)c2c1O.Nc1ccccc1F.Nc1ccccc1F. The Labute approximate surface area is 408 Å². The Morgan fingerprint density at radius 2 is 0.833 bits per heavy atom. The van der Waals surface area contributed by atoms with Gasteiger partial charge in [0.2, 0.25) is 0 Å². The zero-order chi connectivity index (χ0) is 53.7. The second-order valence-corrected chi connectivity index (χ2v) is 20.4.